The Morgan fingerprint density at radius 1 is 1.04 bits per heavy atom. The molecular weight excluding hydrogens is 336 g/mol. The average Bonchev–Trinajstić information content (AvgIpc) is 2.78. The summed E-state index contributed by atoms with van der Waals surface area (Å²) in [5, 5.41) is 2.39. The lowest BCUT2D eigenvalue weighted by Gasteiger charge is -2.32. The van der Waals surface area contributed by atoms with Crippen LogP contribution in [0.4, 0.5) is 14.9 Å². The molecule has 0 atom stereocenters. The number of benzene rings is 2. The zero-order chi connectivity index (χ0) is 18.9. The summed E-state index contributed by atoms with van der Waals surface area (Å²) in [6.45, 7) is 7.72. The second-order valence-electron chi connectivity index (χ2n) is 7.16. The van der Waals surface area contributed by atoms with E-state index in [1.54, 1.807) is 36.4 Å². The largest absolute Gasteiger partial charge is 0.494 e. The predicted octanol–water partition coefficient (Wildman–Crippen LogP) is 3.74. The van der Waals surface area contributed by atoms with Crippen molar-refractivity contribution < 1.29 is 23.2 Å². The smallest absolute Gasteiger partial charge is 0.410 e. The number of para-hydroxylation sites is 1. The molecule has 0 aliphatic carbocycles. The van der Waals surface area contributed by atoms with Gasteiger partial charge in [0.25, 0.3) is 0 Å². The summed E-state index contributed by atoms with van der Waals surface area (Å²) < 4.78 is 31.3. The molecule has 3 rings (SSSR count). The van der Waals surface area contributed by atoms with Crippen molar-refractivity contribution in [3.05, 3.63) is 54.3 Å². The summed E-state index contributed by atoms with van der Waals surface area (Å²) in [5.74, 6) is -0.221. The van der Waals surface area contributed by atoms with E-state index in [1.165, 1.54) is 12.1 Å². The van der Waals surface area contributed by atoms with E-state index in [-0.39, 0.29) is 5.69 Å². The van der Waals surface area contributed by atoms with Crippen molar-refractivity contribution in [2.24, 2.45) is 0 Å². The van der Waals surface area contributed by atoms with Gasteiger partial charge in [-0.15, -0.1) is 0 Å². The number of rotatable bonds is 3. The molecule has 0 spiro atoms. The van der Waals surface area contributed by atoms with Gasteiger partial charge < -0.3 is 14.0 Å². The maximum Gasteiger partial charge on any atom is 0.494 e. The lowest BCUT2D eigenvalue weighted by molar-refractivity contribution is 0.00578. The van der Waals surface area contributed by atoms with Gasteiger partial charge in [0.2, 0.25) is 0 Å². The van der Waals surface area contributed by atoms with Gasteiger partial charge in [0.1, 0.15) is 11.6 Å². The SMILES string of the molecule is CC1(C)OB(c2ccc(NC(=O)Oc3ccccc3)c(F)c2)OC1(C)C. The fourth-order valence-corrected chi connectivity index (χ4v) is 2.49. The number of halogens is 1. The van der Waals surface area contributed by atoms with Gasteiger partial charge in [0.15, 0.2) is 0 Å². The lowest BCUT2D eigenvalue weighted by atomic mass is 9.79. The second kappa shape index (κ2) is 6.74. The van der Waals surface area contributed by atoms with Gasteiger partial charge in [0.05, 0.1) is 16.9 Å². The van der Waals surface area contributed by atoms with E-state index in [4.69, 9.17) is 14.0 Å². The molecule has 136 valence electrons. The minimum atomic E-state index is -0.765. The van der Waals surface area contributed by atoms with Crippen LogP contribution in [-0.2, 0) is 9.31 Å². The Bertz CT molecular complexity index is 794. The van der Waals surface area contributed by atoms with E-state index in [1.807, 2.05) is 27.7 Å². The molecule has 1 N–H and O–H groups in total. The standard InChI is InChI=1S/C19H21BFNO4/c1-18(2)19(3,4)26-20(25-18)13-10-11-16(15(21)12-13)22-17(23)24-14-8-6-5-7-9-14/h5-12H,1-4H3,(H,22,23). The highest BCUT2D eigenvalue weighted by atomic mass is 19.1. The Kier molecular flexibility index (Phi) is 4.77. The van der Waals surface area contributed by atoms with Crippen LogP contribution in [0.15, 0.2) is 48.5 Å². The van der Waals surface area contributed by atoms with Crippen molar-refractivity contribution in [2.75, 3.05) is 5.32 Å². The number of hydrogen-bond acceptors (Lipinski definition) is 4. The molecule has 26 heavy (non-hydrogen) atoms. The third kappa shape index (κ3) is 3.74. The number of amides is 1. The Morgan fingerprint density at radius 2 is 1.65 bits per heavy atom. The molecule has 1 fully saturated rings. The number of ether oxygens (including phenoxy) is 1. The average molecular weight is 357 g/mol. The van der Waals surface area contributed by atoms with Gasteiger partial charge in [-0.1, -0.05) is 24.3 Å². The van der Waals surface area contributed by atoms with Crippen LogP contribution in [0.3, 0.4) is 0 Å². The lowest BCUT2D eigenvalue weighted by Crippen LogP contribution is -2.41. The number of anilines is 1. The molecule has 0 saturated carbocycles. The zero-order valence-corrected chi connectivity index (χ0v) is 15.2. The van der Waals surface area contributed by atoms with Crippen LogP contribution in [0.5, 0.6) is 5.75 Å². The molecule has 5 nitrogen and oxygen atoms in total. The first kappa shape index (κ1) is 18.4. The number of carbonyl (C=O) groups is 1. The molecule has 0 aromatic heterocycles. The van der Waals surface area contributed by atoms with Crippen LogP contribution < -0.4 is 15.5 Å². The number of hydrogen-bond donors (Lipinski definition) is 1. The summed E-state index contributed by atoms with van der Waals surface area (Å²) in [6, 6.07) is 13.0. The van der Waals surface area contributed by atoms with Crippen LogP contribution in [0, 0.1) is 5.82 Å². The molecule has 1 heterocycles. The van der Waals surface area contributed by atoms with E-state index in [0.717, 1.165) is 0 Å². The molecule has 0 unspecified atom stereocenters. The van der Waals surface area contributed by atoms with Gasteiger partial charge in [-0.3, -0.25) is 5.32 Å². The Balaban J connectivity index is 1.69. The van der Waals surface area contributed by atoms with Gasteiger partial charge in [-0.25, -0.2) is 9.18 Å². The molecular formula is C19H21BFNO4. The van der Waals surface area contributed by atoms with Crippen molar-refractivity contribution in [1.82, 2.24) is 0 Å². The minimum Gasteiger partial charge on any atom is -0.410 e. The second-order valence-corrected chi connectivity index (χ2v) is 7.16. The number of carbonyl (C=O) groups excluding carboxylic acids is 1. The monoisotopic (exact) mass is 357 g/mol. The van der Waals surface area contributed by atoms with Crippen molar-refractivity contribution in [3.8, 4) is 5.75 Å². The van der Waals surface area contributed by atoms with Crippen molar-refractivity contribution in [1.29, 1.82) is 0 Å². The maximum atomic E-state index is 14.4. The zero-order valence-electron chi connectivity index (χ0n) is 15.2. The summed E-state index contributed by atoms with van der Waals surface area (Å²) in [6.07, 6.45) is -0.765. The molecule has 7 heteroatoms. The van der Waals surface area contributed by atoms with Crippen molar-refractivity contribution in [3.63, 3.8) is 0 Å². The quantitative estimate of drug-likeness (QED) is 0.851. The van der Waals surface area contributed by atoms with Crippen LogP contribution in [0.2, 0.25) is 0 Å². The van der Waals surface area contributed by atoms with Crippen molar-refractivity contribution in [2.45, 2.75) is 38.9 Å². The van der Waals surface area contributed by atoms with E-state index in [2.05, 4.69) is 5.32 Å². The molecule has 1 aliphatic rings. The topological polar surface area (TPSA) is 56.8 Å². The molecule has 1 amide bonds. The van der Waals surface area contributed by atoms with Gasteiger partial charge >= 0.3 is 13.2 Å². The molecule has 2 aromatic rings. The summed E-state index contributed by atoms with van der Waals surface area (Å²) in [7, 11) is -0.667. The molecule has 0 bridgehead atoms. The Morgan fingerprint density at radius 3 is 2.23 bits per heavy atom. The molecule has 0 radical (unpaired) electrons. The van der Waals surface area contributed by atoms with Gasteiger partial charge in [-0.05, 0) is 57.4 Å². The van der Waals surface area contributed by atoms with Gasteiger partial charge in [-0.2, -0.15) is 0 Å². The third-order valence-corrected chi connectivity index (χ3v) is 4.71. The highest BCUT2D eigenvalue weighted by Crippen LogP contribution is 2.36. The van der Waals surface area contributed by atoms with E-state index in [9.17, 15) is 9.18 Å². The normalized spacial score (nSPS) is 17.8. The van der Waals surface area contributed by atoms with E-state index in [0.29, 0.717) is 11.2 Å². The maximum absolute atomic E-state index is 14.4. The highest BCUT2D eigenvalue weighted by molar-refractivity contribution is 6.62. The minimum absolute atomic E-state index is 0.0196. The van der Waals surface area contributed by atoms with Crippen LogP contribution in [-0.4, -0.2) is 24.4 Å². The van der Waals surface area contributed by atoms with Gasteiger partial charge in [0, 0.05) is 0 Å². The summed E-state index contributed by atoms with van der Waals surface area (Å²) in [5.41, 5.74) is -0.455. The van der Waals surface area contributed by atoms with Crippen LogP contribution in [0.25, 0.3) is 0 Å². The van der Waals surface area contributed by atoms with Crippen LogP contribution >= 0.6 is 0 Å². The third-order valence-electron chi connectivity index (χ3n) is 4.71. The van der Waals surface area contributed by atoms with Crippen LogP contribution in [0.1, 0.15) is 27.7 Å². The predicted molar refractivity (Wildman–Crippen MR) is 98.2 cm³/mol. The van der Waals surface area contributed by atoms with E-state index < -0.39 is 30.2 Å². The van der Waals surface area contributed by atoms with Crippen molar-refractivity contribution >= 4 is 24.4 Å². The molecule has 1 saturated heterocycles. The first-order valence-electron chi connectivity index (χ1n) is 8.37. The van der Waals surface area contributed by atoms with E-state index >= 15 is 0 Å². The first-order valence-corrected chi connectivity index (χ1v) is 8.37. The Hall–Kier alpha value is -2.38. The highest BCUT2D eigenvalue weighted by Gasteiger charge is 2.51. The summed E-state index contributed by atoms with van der Waals surface area (Å²) in [4.78, 5) is 11.9. The first-order chi connectivity index (χ1) is 12.2. The molecule has 2 aromatic carbocycles. The fourth-order valence-electron chi connectivity index (χ4n) is 2.49. The number of nitrogens with one attached hydrogen (secondary N) is 1. The Labute approximate surface area is 152 Å². The molecule has 1 aliphatic heterocycles. The summed E-state index contributed by atoms with van der Waals surface area (Å²) >= 11 is 0. The fraction of sp³-hybridized carbons (Fsp3) is 0.316.